The molecule has 0 unspecified atom stereocenters. The fraction of sp³-hybridized carbons (Fsp3) is 0.176. The van der Waals surface area contributed by atoms with Gasteiger partial charge in [-0.1, -0.05) is 23.8 Å². The third-order valence-corrected chi connectivity index (χ3v) is 4.26. The first kappa shape index (κ1) is 18.6. The van der Waals surface area contributed by atoms with Gasteiger partial charge in [0.05, 0.1) is 22.6 Å². The molecule has 1 amide bonds. The van der Waals surface area contributed by atoms with Crippen molar-refractivity contribution >= 4 is 29.6 Å². The molecule has 7 nitrogen and oxygen atoms in total. The zero-order chi connectivity index (χ0) is 18.2. The molecule has 0 spiro atoms. The number of aliphatic hydroxyl groups excluding tert-OH is 1. The maximum absolute atomic E-state index is 11.9. The highest BCUT2D eigenvalue weighted by atomic mass is 32.2. The smallest absolute Gasteiger partial charge is 0.283 e. The minimum atomic E-state index is -0.484. The lowest BCUT2D eigenvalue weighted by Crippen LogP contribution is -2.17. The van der Waals surface area contributed by atoms with Gasteiger partial charge in [-0.15, -0.1) is 11.8 Å². The minimum Gasteiger partial charge on any atom is -0.396 e. The van der Waals surface area contributed by atoms with Gasteiger partial charge in [0.1, 0.15) is 0 Å². The molecule has 0 fully saturated rings. The van der Waals surface area contributed by atoms with Gasteiger partial charge in [0.25, 0.3) is 11.6 Å². The average Bonchev–Trinajstić information content (AvgIpc) is 2.60. The van der Waals surface area contributed by atoms with E-state index >= 15 is 0 Å². The Morgan fingerprint density at radius 2 is 2.04 bits per heavy atom. The second-order valence-corrected chi connectivity index (χ2v) is 6.26. The fourth-order valence-electron chi connectivity index (χ4n) is 1.97. The van der Waals surface area contributed by atoms with E-state index < -0.39 is 4.92 Å². The maximum Gasteiger partial charge on any atom is 0.283 e. The number of hydrazone groups is 1. The van der Waals surface area contributed by atoms with E-state index in [0.717, 1.165) is 5.56 Å². The average molecular weight is 359 g/mol. The summed E-state index contributed by atoms with van der Waals surface area (Å²) in [6, 6.07) is 11.7. The Morgan fingerprint density at radius 3 is 2.68 bits per heavy atom. The van der Waals surface area contributed by atoms with E-state index in [-0.39, 0.29) is 18.2 Å². The number of benzene rings is 2. The number of amides is 1. The quantitative estimate of drug-likeness (QED) is 0.342. The Kier molecular flexibility index (Phi) is 6.67. The van der Waals surface area contributed by atoms with Crippen LogP contribution in [0.15, 0.2) is 52.5 Å². The van der Waals surface area contributed by atoms with Crippen LogP contribution in [0.1, 0.15) is 21.5 Å². The Morgan fingerprint density at radius 1 is 1.32 bits per heavy atom. The van der Waals surface area contributed by atoms with Crippen LogP contribution in [0.3, 0.4) is 0 Å². The van der Waals surface area contributed by atoms with Gasteiger partial charge in [-0.05, 0) is 25.1 Å². The van der Waals surface area contributed by atoms with E-state index in [1.54, 1.807) is 24.3 Å². The van der Waals surface area contributed by atoms with Crippen molar-refractivity contribution in [1.29, 1.82) is 0 Å². The number of nitro groups is 1. The van der Waals surface area contributed by atoms with E-state index in [0.29, 0.717) is 21.8 Å². The number of carbonyl (C=O) groups excluding carboxylic acids is 1. The number of rotatable bonds is 7. The maximum atomic E-state index is 11.9. The number of carbonyl (C=O) groups is 1. The van der Waals surface area contributed by atoms with Gasteiger partial charge in [0.2, 0.25) is 0 Å². The van der Waals surface area contributed by atoms with Gasteiger partial charge in [0.15, 0.2) is 0 Å². The van der Waals surface area contributed by atoms with Crippen LogP contribution in [-0.4, -0.2) is 34.5 Å². The standard InChI is InChI=1S/C17H17N3O4S/c1-12-2-5-14(6-3-12)17(22)19-18-11-13-4-7-16(25-9-8-21)15(10-13)20(23)24/h2-7,10-11,21H,8-9H2,1H3,(H,19,22)/b18-11-. The Hall–Kier alpha value is -2.71. The summed E-state index contributed by atoms with van der Waals surface area (Å²) < 4.78 is 0. The van der Waals surface area contributed by atoms with Gasteiger partial charge in [-0.25, -0.2) is 5.43 Å². The first-order valence-electron chi connectivity index (χ1n) is 7.43. The molecule has 130 valence electrons. The Bertz CT molecular complexity index is 791. The van der Waals surface area contributed by atoms with Crippen molar-refractivity contribution in [1.82, 2.24) is 5.43 Å². The molecular weight excluding hydrogens is 342 g/mol. The van der Waals surface area contributed by atoms with Crippen molar-refractivity contribution in [3.63, 3.8) is 0 Å². The van der Waals surface area contributed by atoms with Crippen LogP contribution in [0.5, 0.6) is 0 Å². The van der Waals surface area contributed by atoms with Crippen molar-refractivity contribution in [2.75, 3.05) is 12.4 Å². The fourth-order valence-corrected chi connectivity index (χ4v) is 2.73. The van der Waals surface area contributed by atoms with E-state index in [1.807, 2.05) is 19.1 Å². The summed E-state index contributed by atoms with van der Waals surface area (Å²) in [5.74, 6) is 0.0156. The van der Waals surface area contributed by atoms with Crippen LogP contribution in [-0.2, 0) is 0 Å². The summed E-state index contributed by atoms with van der Waals surface area (Å²) in [7, 11) is 0. The molecule has 2 rings (SSSR count). The summed E-state index contributed by atoms with van der Waals surface area (Å²) in [6.45, 7) is 1.87. The lowest BCUT2D eigenvalue weighted by atomic mass is 10.1. The summed E-state index contributed by atoms with van der Waals surface area (Å²) in [5.41, 5.74) is 4.34. The number of hydrogen-bond acceptors (Lipinski definition) is 6. The predicted molar refractivity (Wildman–Crippen MR) is 97.1 cm³/mol. The molecule has 0 aromatic heterocycles. The van der Waals surface area contributed by atoms with E-state index in [9.17, 15) is 14.9 Å². The molecule has 2 aromatic rings. The van der Waals surface area contributed by atoms with Gasteiger partial charge in [0, 0.05) is 22.9 Å². The second kappa shape index (κ2) is 8.95. The number of hydrogen-bond donors (Lipinski definition) is 2. The molecule has 2 aromatic carbocycles. The molecule has 2 N–H and O–H groups in total. The molecule has 0 saturated heterocycles. The monoisotopic (exact) mass is 359 g/mol. The van der Waals surface area contributed by atoms with Crippen molar-refractivity contribution in [2.45, 2.75) is 11.8 Å². The highest BCUT2D eigenvalue weighted by molar-refractivity contribution is 7.99. The molecule has 0 aliphatic heterocycles. The Balaban J connectivity index is 2.07. The molecule has 0 heterocycles. The number of nitrogens with zero attached hydrogens (tertiary/aromatic N) is 2. The molecule has 0 bridgehead atoms. The van der Waals surface area contributed by atoms with Crippen molar-refractivity contribution in [2.24, 2.45) is 5.10 Å². The summed E-state index contributed by atoms with van der Waals surface area (Å²) in [5, 5.41) is 23.8. The zero-order valence-electron chi connectivity index (χ0n) is 13.5. The molecule has 0 aliphatic carbocycles. The first-order chi connectivity index (χ1) is 12.0. The lowest BCUT2D eigenvalue weighted by molar-refractivity contribution is -0.387. The summed E-state index contributed by atoms with van der Waals surface area (Å²) in [4.78, 5) is 23.1. The Labute approximate surface area is 148 Å². The molecule has 25 heavy (non-hydrogen) atoms. The number of nitro benzene ring substituents is 1. The highest BCUT2D eigenvalue weighted by Gasteiger charge is 2.14. The van der Waals surface area contributed by atoms with Gasteiger partial charge in [-0.2, -0.15) is 5.10 Å². The first-order valence-corrected chi connectivity index (χ1v) is 8.42. The normalized spacial score (nSPS) is 10.8. The second-order valence-electron chi connectivity index (χ2n) is 5.12. The zero-order valence-corrected chi connectivity index (χ0v) is 14.3. The van der Waals surface area contributed by atoms with Crippen molar-refractivity contribution < 1.29 is 14.8 Å². The van der Waals surface area contributed by atoms with Crippen molar-refractivity contribution in [3.8, 4) is 0 Å². The SMILES string of the molecule is Cc1ccc(C(=O)N/N=C\c2ccc(SCCO)c([N+](=O)[O-])c2)cc1. The van der Waals surface area contributed by atoms with Crippen molar-refractivity contribution in [3.05, 3.63) is 69.3 Å². The van der Waals surface area contributed by atoms with Crippen LogP contribution < -0.4 is 5.43 Å². The van der Waals surface area contributed by atoms with Gasteiger partial charge < -0.3 is 5.11 Å². The van der Waals surface area contributed by atoms with E-state index in [1.165, 1.54) is 24.0 Å². The molecule has 0 saturated carbocycles. The largest absolute Gasteiger partial charge is 0.396 e. The third-order valence-electron chi connectivity index (χ3n) is 3.22. The number of thioether (sulfide) groups is 1. The number of aliphatic hydroxyl groups is 1. The molecule has 0 radical (unpaired) electrons. The van der Waals surface area contributed by atoms with E-state index in [2.05, 4.69) is 10.5 Å². The molecule has 0 aliphatic rings. The third kappa shape index (κ3) is 5.40. The summed E-state index contributed by atoms with van der Waals surface area (Å²) >= 11 is 1.21. The van der Waals surface area contributed by atoms with E-state index in [4.69, 9.17) is 5.11 Å². The predicted octanol–water partition coefficient (Wildman–Crippen LogP) is 2.75. The highest BCUT2D eigenvalue weighted by Crippen LogP contribution is 2.29. The minimum absolute atomic E-state index is 0.0595. The van der Waals surface area contributed by atoms with Gasteiger partial charge >= 0.3 is 0 Å². The van der Waals surface area contributed by atoms with Gasteiger partial charge in [-0.3, -0.25) is 14.9 Å². The molecular formula is C17H17N3O4S. The van der Waals surface area contributed by atoms with Crippen LogP contribution in [0.25, 0.3) is 0 Å². The van der Waals surface area contributed by atoms with Crippen LogP contribution >= 0.6 is 11.8 Å². The van der Waals surface area contributed by atoms with Crippen LogP contribution in [0.2, 0.25) is 0 Å². The topological polar surface area (TPSA) is 105 Å². The van der Waals surface area contributed by atoms with Crippen LogP contribution in [0, 0.1) is 17.0 Å². The van der Waals surface area contributed by atoms with Crippen LogP contribution in [0.4, 0.5) is 5.69 Å². The number of aryl methyl sites for hydroxylation is 1. The number of nitrogens with one attached hydrogen (secondary N) is 1. The lowest BCUT2D eigenvalue weighted by Gasteiger charge is -2.03. The molecule has 8 heteroatoms. The molecule has 0 atom stereocenters. The summed E-state index contributed by atoms with van der Waals surface area (Å²) in [6.07, 6.45) is 1.35.